The topological polar surface area (TPSA) is 41.6 Å². The first kappa shape index (κ1) is 15.4. The average molecular weight is 339 g/mol. The van der Waals surface area contributed by atoms with E-state index in [1.165, 1.54) is 6.07 Å². The quantitative estimate of drug-likeness (QED) is 0.538. The Bertz CT molecular complexity index is 1040. The monoisotopic (exact) mass is 339 g/mol. The van der Waals surface area contributed by atoms with E-state index in [-0.39, 0.29) is 0 Å². The fourth-order valence-corrected chi connectivity index (χ4v) is 2.67. The number of nitrogens with zero attached hydrogens (tertiary/aromatic N) is 2. The van der Waals surface area contributed by atoms with E-state index < -0.39 is 11.7 Å². The summed E-state index contributed by atoms with van der Waals surface area (Å²) < 4.78 is 38.7. The van der Waals surface area contributed by atoms with Gasteiger partial charge in [-0.3, -0.25) is 0 Å². The van der Waals surface area contributed by atoms with E-state index in [1.807, 2.05) is 36.4 Å². The van der Waals surface area contributed by atoms with Crippen molar-refractivity contribution in [3.05, 3.63) is 72.4 Å². The number of fused-ring (bicyclic) bond motifs is 1. The van der Waals surface area contributed by atoms with Gasteiger partial charge in [0, 0.05) is 17.3 Å². The number of aromatic nitrogens is 3. The predicted octanol–water partition coefficient (Wildman–Crippen LogP) is 5.31. The number of rotatable bonds is 2. The van der Waals surface area contributed by atoms with E-state index in [2.05, 4.69) is 15.0 Å². The van der Waals surface area contributed by atoms with Crippen LogP contribution in [0.4, 0.5) is 13.2 Å². The maximum absolute atomic E-state index is 12.9. The molecule has 0 spiro atoms. The fraction of sp³-hybridized carbons (Fsp3) is 0.0526. The van der Waals surface area contributed by atoms with Crippen molar-refractivity contribution in [2.24, 2.45) is 0 Å². The first-order valence-corrected chi connectivity index (χ1v) is 7.59. The van der Waals surface area contributed by atoms with Crippen LogP contribution < -0.4 is 0 Å². The first-order chi connectivity index (χ1) is 12.0. The van der Waals surface area contributed by atoms with Gasteiger partial charge in [-0.05, 0) is 23.8 Å². The van der Waals surface area contributed by atoms with Gasteiger partial charge in [-0.2, -0.15) is 13.2 Å². The lowest BCUT2D eigenvalue weighted by Crippen LogP contribution is -2.04. The van der Waals surface area contributed by atoms with Crippen molar-refractivity contribution < 1.29 is 13.2 Å². The van der Waals surface area contributed by atoms with Crippen LogP contribution in [0.15, 0.2) is 66.9 Å². The molecule has 25 heavy (non-hydrogen) atoms. The summed E-state index contributed by atoms with van der Waals surface area (Å²) in [6.45, 7) is 0. The van der Waals surface area contributed by atoms with Crippen molar-refractivity contribution in [1.29, 1.82) is 0 Å². The van der Waals surface area contributed by atoms with Gasteiger partial charge in [-0.1, -0.05) is 42.5 Å². The van der Waals surface area contributed by atoms with Gasteiger partial charge in [-0.25, -0.2) is 9.97 Å². The van der Waals surface area contributed by atoms with Crippen LogP contribution in [0.1, 0.15) is 5.56 Å². The normalized spacial score (nSPS) is 11.8. The Labute approximate surface area is 141 Å². The molecule has 0 aliphatic carbocycles. The maximum atomic E-state index is 12.9. The standard InChI is InChI=1S/C19H12F3N3/c20-19(21,22)15-8-4-7-13(9-15)17-24-16-10-14(11-23-18(16)25-17)12-5-2-1-3-6-12/h1-11H,(H,23,24,25). The zero-order chi connectivity index (χ0) is 17.4. The largest absolute Gasteiger partial charge is 0.416 e. The molecule has 2 aromatic carbocycles. The molecule has 2 aromatic heterocycles. The average Bonchev–Trinajstić information content (AvgIpc) is 3.05. The number of aromatic amines is 1. The summed E-state index contributed by atoms with van der Waals surface area (Å²) in [6.07, 6.45) is -2.69. The van der Waals surface area contributed by atoms with Gasteiger partial charge in [0.15, 0.2) is 5.65 Å². The van der Waals surface area contributed by atoms with Crippen LogP contribution in [0.2, 0.25) is 0 Å². The maximum Gasteiger partial charge on any atom is 0.416 e. The molecule has 3 nitrogen and oxygen atoms in total. The minimum atomic E-state index is -4.39. The van der Waals surface area contributed by atoms with Crippen molar-refractivity contribution >= 4 is 11.2 Å². The van der Waals surface area contributed by atoms with Crippen molar-refractivity contribution in [3.8, 4) is 22.5 Å². The van der Waals surface area contributed by atoms with Gasteiger partial charge in [0.1, 0.15) is 5.82 Å². The van der Waals surface area contributed by atoms with Crippen molar-refractivity contribution in [2.45, 2.75) is 6.18 Å². The molecule has 0 fully saturated rings. The summed E-state index contributed by atoms with van der Waals surface area (Å²) in [6, 6.07) is 16.7. The number of pyridine rings is 1. The Morgan fingerprint density at radius 3 is 2.32 bits per heavy atom. The Balaban J connectivity index is 1.77. The van der Waals surface area contributed by atoms with Gasteiger partial charge >= 0.3 is 6.18 Å². The number of hydrogen-bond donors (Lipinski definition) is 1. The van der Waals surface area contributed by atoms with Crippen LogP contribution in [0.25, 0.3) is 33.7 Å². The molecule has 0 atom stereocenters. The van der Waals surface area contributed by atoms with E-state index in [0.717, 1.165) is 23.3 Å². The van der Waals surface area contributed by atoms with Crippen molar-refractivity contribution in [1.82, 2.24) is 15.0 Å². The number of hydrogen-bond acceptors (Lipinski definition) is 2. The molecule has 0 radical (unpaired) electrons. The molecule has 124 valence electrons. The smallest absolute Gasteiger partial charge is 0.337 e. The number of halogens is 3. The molecule has 0 aliphatic rings. The first-order valence-electron chi connectivity index (χ1n) is 7.59. The Hall–Kier alpha value is -3.15. The number of imidazole rings is 1. The zero-order valence-corrected chi connectivity index (χ0v) is 12.9. The van der Waals surface area contributed by atoms with Crippen LogP contribution in [0.3, 0.4) is 0 Å². The minimum absolute atomic E-state index is 0.360. The lowest BCUT2D eigenvalue weighted by molar-refractivity contribution is -0.137. The second kappa shape index (κ2) is 5.73. The molecular weight excluding hydrogens is 327 g/mol. The Morgan fingerprint density at radius 2 is 1.56 bits per heavy atom. The molecule has 0 aliphatic heterocycles. The number of nitrogens with one attached hydrogen (secondary N) is 1. The van der Waals surface area contributed by atoms with Crippen LogP contribution in [0, 0.1) is 0 Å². The highest BCUT2D eigenvalue weighted by molar-refractivity contribution is 5.81. The minimum Gasteiger partial charge on any atom is -0.337 e. The summed E-state index contributed by atoms with van der Waals surface area (Å²) in [7, 11) is 0. The molecular formula is C19H12F3N3. The Kier molecular flexibility index (Phi) is 3.53. The highest BCUT2D eigenvalue weighted by Crippen LogP contribution is 2.32. The van der Waals surface area contributed by atoms with Gasteiger partial charge in [0.2, 0.25) is 0 Å². The molecule has 4 aromatic rings. The third-order valence-electron chi connectivity index (χ3n) is 3.91. The molecule has 0 bridgehead atoms. The number of alkyl halides is 3. The van der Waals surface area contributed by atoms with E-state index in [4.69, 9.17) is 0 Å². The van der Waals surface area contributed by atoms with Crippen LogP contribution in [-0.2, 0) is 6.18 Å². The summed E-state index contributed by atoms with van der Waals surface area (Å²) in [5, 5.41) is 0. The van der Waals surface area contributed by atoms with Gasteiger partial charge < -0.3 is 4.98 Å². The molecule has 2 heterocycles. The van der Waals surface area contributed by atoms with Crippen LogP contribution >= 0.6 is 0 Å². The van der Waals surface area contributed by atoms with Gasteiger partial charge in [0.25, 0.3) is 0 Å². The predicted molar refractivity (Wildman–Crippen MR) is 89.8 cm³/mol. The molecule has 0 saturated heterocycles. The zero-order valence-electron chi connectivity index (χ0n) is 12.9. The van der Waals surface area contributed by atoms with Crippen LogP contribution in [-0.4, -0.2) is 15.0 Å². The lowest BCUT2D eigenvalue weighted by Gasteiger charge is -2.07. The summed E-state index contributed by atoms with van der Waals surface area (Å²) in [4.78, 5) is 11.7. The highest BCUT2D eigenvalue weighted by Gasteiger charge is 2.30. The summed E-state index contributed by atoms with van der Waals surface area (Å²) in [5.74, 6) is 0.360. The second-order valence-electron chi connectivity index (χ2n) is 5.63. The Morgan fingerprint density at radius 1 is 0.800 bits per heavy atom. The molecule has 4 rings (SSSR count). The van der Waals surface area contributed by atoms with E-state index in [1.54, 1.807) is 12.3 Å². The lowest BCUT2D eigenvalue weighted by atomic mass is 10.1. The molecule has 0 unspecified atom stereocenters. The summed E-state index contributed by atoms with van der Waals surface area (Å²) in [5.41, 5.74) is 2.72. The molecule has 0 amide bonds. The third kappa shape index (κ3) is 2.98. The fourth-order valence-electron chi connectivity index (χ4n) is 2.67. The molecule has 0 saturated carbocycles. The van der Waals surface area contributed by atoms with E-state index in [9.17, 15) is 13.2 Å². The second-order valence-corrected chi connectivity index (χ2v) is 5.63. The SMILES string of the molecule is FC(F)(F)c1cccc(-c2nc3ncc(-c4ccccc4)cc3[nH]2)c1. The van der Waals surface area contributed by atoms with E-state index >= 15 is 0 Å². The van der Waals surface area contributed by atoms with E-state index in [0.29, 0.717) is 22.6 Å². The third-order valence-corrected chi connectivity index (χ3v) is 3.91. The summed E-state index contributed by atoms with van der Waals surface area (Å²) >= 11 is 0. The van der Waals surface area contributed by atoms with Crippen LogP contribution in [0.5, 0.6) is 0 Å². The van der Waals surface area contributed by atoms with Gasteiger partial charge in [0.05, 0.1) is 11.1 Å². The van der Waals surface area contributed by atoms with Crippen molar-refractivity contribution in [2.75, 3.05) is 0 Å². The number of H-pyrrole nitrogens is 1. The number of benzene rings is 2. The van der Waals surface area contributed by atoms with Crippen molar-refractivity contribution in [3.63, 3.8) is 0 Å². The molecule has 1 N–H and O–H groups in total. The van der Waals surface area contributed by atoms with Gasteiger partial charge in [-0.15, -0.1) is 0 Å². The molecule has 6 heteroatoms. The highest BCUT2D eigenvalue weighted by atomic mass is 19.4.